The number of benzene rings is 2. The van der Waals surface area contributed by atoms with Crippen LogP contribution in [-0.2, 0) is 0 Å². The smallest absolute Gasteiger partial charge is 0.195 e. The molecule has 6 heteroatoms. The highest BCUT2D eigenvalue weighted by molar-refractivity contribution is 9.10. The molecule has 27 heavy (non-hydrogen) atoms. The van der Waals surface area contributed by atoms with Crippen LogP contribution in [0.1, 0.15) is 15.9 Å². The van der Waals surface area contributed by atoms with Crippen LogP contribution >= 0.6 is 28.3 Å². The highest BCUT2D eigenvalue weighted by atomic mass is 79.9. The number of hydrogen-bond acceptors (Lipinski definition) is 3. The Hall–Kier alpha value is -1.95. The molecular weight excluding hydrogens is 431 g/mol. The van der Waals surface area contributed by atoms with E-state index in [0.717, 1.165) is 17.6 Å². The second-order valence-electron chi connectivity index (χ2n) is 5.89. The van der Waals surface area contributed by atoms with Gasteiger partial charge in [0.1, 0.15) is 5.82 Å². The van der Waals surface area contributed by atoms with Crippen molar-refractivity contribution >= 4 is 39.8 Å². The van der Waals surface area contributed by atoms with Gasteiger partial charge in [-0.25, -0.2) is 4.39 Å². The molecule has 2 rings (SSSR count). The Morgan fingerprint density at radius 1 is 1.19 bits per heavy atom. The highest BCUT2D eigenvalue weighted by Gasteiger charge is 2.14. The topological polar surface area (TPSA) is 32.3 Å². The van der Waals surface area contributed by atoms with E-state index in [0.29, 0.717) is 17.8 Å². The summed E-state index contributed by atoms with van der Waals surface area (Å²) in [5.74, 6) is -0.857. The van der Waals surface area contributed by atoms with E-state index in [9.17, 15) is 9.18 Å². The maximum absolute atomic E-state index is 14.3. The number of likely N-dealkylation sites (N-methyl/N-ethyl adjacent to an activating group) is 1. The van der Waals surface area contributed by atoms with Gasteiger partial charge in [-0.1, -0.05) is 34.2 Å². The van der Waals surface area contributed by atoms with E-state index in [2.05, 4.69) is 32.7 Å². The minimum Gasteiger partial charge on any atom is -0.381 e. The average molecular weight is 454 g/mol. The van der Waals surface area contributed by atoms with Crippen molar-refractivity contribution in [3.05, 3.63) is 88.7 Å². The van der Waals surface area contributed by atoms with E-state index >= 15 is 0 Å². The zero-order valence-electron chi connectivity index (χ0n) is 15.1. The molecule has 0 aromatic heterocycles. The second kappa shape index (κ2) is 11.7. The fourth-order valence-corrected chi connectivity index (χ4v) is 2.64. The quantitative estimate of drug-likeness (QED) is 0.411. The Morgan fingerprint density at radius 2 is 1.89 bits per heavy atom. The van der Waals surface area contributed by atoms with Crippen LogP contribution in [0.2, 0.25) is 0 Å². The lowest BCUT2D eigenvalue weighted by atomic mass is 10.0. The summed E-state index contributed by atoms with van der Waals surface area (Å²) in [6, 6.07) is 11.5. The average Bonchev–Trinajstić information content (AvgIpc) is 2.62. The number of carbonyl (C=O) groups is 1. The van der Waals surface area contributed by atoms with E-state index in [-0.39, 0.29) is 23.8 Å². The van der Waals surface area contributed by atoms with Crippen molar-refractivity contribution < 1.29 is 9.18 Å². The molecule has 0 unspecified atom stereocenters. The van der Waals surface area contributed by atoms with Crippen LogP contribution in [0.15, 0.2) is 71.7 Å². The van der Waals surface area contributed by atoms with Crippen LogP contribution in [-0.4, -0.2) is 37.4 Å². The predicted octanol–water partition coefficient (Wildman–Crippen LogP) is 5.33. The van der Waals surface area contributed by atoms with Gasteiger partial charge < -0.3 is 5.32 Å². The zero-order chi connectivity index (χ0) is 18.9. The number of nitrogens with one attached hydrogen (secondary N) is 1. The SMILES string of the molecule is C=CCN(C)CC=CCNc1ccc(C(=O)c2ccc(Br)cc2)c(F)c1.Cl. The number of halogens is 3. The van der Waals surface area contributed by atoms with Crippen molar-refractivity contribution in [2.45, 2.75) is 0 Å². The van der Waals surface area contributed by atoms with Crippen molar-refractivity contribution in [3.63, 3.8) is 0 Å². The molecular formula is C21H23BrClFN2O. The number of carbonyl (C=O) groups excluding carboxylic acids is 1. The molecule has 0 heterocycles. The Morgan fingerprint density at radius 3 is 2.52 bits per heavy atom. The summed E-state index contributed by atoms with van der Waals surface area (Å²) in [4.78, 5) is 14.5. The minimum absolute atomic E-state index is 0. The van der Waals surface area contributed by atoms with Crippen molar-refractivity contribution in [2.75, 3.05) is 32.0 Å². The molecule has 3 nitrogen and oxygen atoms in total. The van der Waals surface area contributed by atoms with Crippen molar-refractivity contribution in [1.29, 1.82) is 0 Å². The Bertz CT molecular complexity index is 793. The van der Waals surface area contributed by atoms with E-state index in [1.807, 2.05) is 25.3 Å². The first-order valence-electron chi connectivity index (χ1n) is 8.29. The lowest BCUT2D eigenvalue weighted by molar-refractivity contribution is 0.103. The molecule has 1 N–H and O–H groups in total. The monoisotopic (exact) mass is 452 g/mol. The first kappa shape index (κ1) is 23.1. The third-order valence-electron chi connectivity index (χ3n) is 3.77. The molecule has 0 bridgehead atoms. The lowest BCUT2D eigenvalue weighted by Crippen LogP contribution is -2.17. The van der Waals surface area contributed by atoms with Crippen molar-refractivity contribution in [2.24, 2.45) is 0 Å². The fraction of sp³-hybridized carbons (Fsp3) is 0.190. The van der Waals surface area contributed by atoms with E-state index < -0.39 is 5.82 Å². The second-order valence-corrected chi connectivity index (χ2v) is 6.81. The zero-order valence-corrected chi connectivity index (χ0v) is 17.5. The van der Waals surface area contributed by atoms with Crippen LogP contribution in [0.5, 0.6) is 0 Å². The summed E-state index contributed by atoms with van der Waals surface area (Å²) < 4.78 is 15.2. The molecule has 0 aliphatic carbocycles. The third kappa shape index (κ3) is 7.29. The molecule has 2 aromatic rings. The van der Waals surface area contributed by atoms with Gasteiger partial charge in [0.15, 0.2) is 5.78 Å². The molecule has 0 fully saturated rings. The van der Waals surface area contributed by atoms with Crippen LogP contribution < -0.4 is 5.32 Å². The molecule has 0 saturated heterocycles. The third-order valence-corrected chi connectivity index (χ3v) is 4.30. The van der Waals surface area contributed by atoms with Gasteiger partial charge in [-0.3, -0.25) is 9.69 Å². The van der Waals surface area contributed by atoms with Gasteiger partial charge in [-0.05, 0) is 49.5 Å². The molecule has 0 radical (unpaired) electrons. The Kier molecular flexibility index (Phi) is 10.0. The number of nitrogens with zero attached hydrogens (tertiary/aromatic N) is 1. The number of ketones is 1. The maximum atomic E-state index is 14.3. The lowest BCUT2D eigenvalue weighted by Gasteiger charge is -2.10. The summed E-state index contributed by atoms with van der Waals surface area (Å²) in [5, 5.41) is 3.12. The van der Waals surface area contributed by atoms with E-state index in [1.165, 1.54) is 12.1 Å². The highest BCUT2D eigenvalue weighted by Crippen LogP contribution is 2.19. The van der Waals surface area contributed by atoms with Gasteiger partial charge in [0, 0.05) is 35.4 Å². The molecule has 144 valence electrons. The summed E-state index contributed by atoms with van der Waals surface area (Å²) in [5.41, 5.74) is 1.16. The molecule has 0 aliphatic rings. The van der Waals surface area contributed by atoms with Gasteiger partial charge in [0.05, 0.1) is 5.56 Å². The van der Waals surface area contributed by atoms with Crippen LogP contribution in [0.4, 0.5) is 10.1 Å². The summed E-state index contributed by atoms with van der Waals surface area (Å²) in [6.45, 7) is 5.93. The van der Waals surface area contributed by atoms with Gasteiger partial charge in [0.2, 0.25) is 0 Å². The molecule has 0 amide bonds. The summed E-state index contributed by atoms with van der Waals surface area (Å²) >= 11 is 3.32. The largest absolute Gasteiger partial charge is 0.381 e. The predicted molar refractivity (Wildman–Crippen MR) is 117 cm³/mol. The fourth-order valence-electron chi connectivity index (χ4n) is 2.38. The maximum Gasteiger partial charge on any atom is 0.195 e. The molecule has 2 aromatic carbocycles. The molecule has 0 aliphatic heterocycles. The minimum atomic E-state index is -0.530. The molecule has 0 saturated carbocycles. The first-order chi connectivity index (χ1) is 12.5. The van der Waals surface area contributed by atoms with Gasteiger partial charge >= 0.3 is 0 Å². The number of rotatable bonds is 9. The summed E-state index contributed by atoms with van der Waals surface area (Å²) in [7, 11) is 2.01. The van der Waals surface area contributed by atoms with Crippen LogP contribution in [0.3, 0.4) is 0 Å². The van der Waals surface area contributed by atoms with Crippen LogP contribution in [0.25, 0.3) is 0 Å². The Balaban J connectivity index is 0.00000364. The van der Waals surface area contributed by atoms with E-state index in [4.69, 9.17) is 0 Å². The molecule has 0 spiro atoms. The summed E-state index contributed by atoms with van der Waals surface area (Å²) in [6.07, 6.45) is 5.88. The number of anilines is 1. The normalized spacial score (nSPS) is 10.7. The van der Waals surface area contributed by atoms with Crippen molar-refractivity contribution in [1.82, 2.24) is 4.90 Å². The van der Waals surface area contributed by atoms with Gasteiger partial charge in [-0.2, -0.15) is 0 Å². The standard InChI is InChI=1S/C21H22BrFN2O.ClH/c1-3-13-25(2)14-5-4-12-24-18-10-11-19(20(23)15-18)21(26)16-6-8-17(22)9-7-16;/h3-11,15,24H,1,12-14H2,2H3;1H. The first-order valence-corrected chi connectivity index (χ1v) is 9.08. The van der Waals surface area contributed by atoms with Gasteiger partial charge in [-0.15, -0.1) is 19.0 Å². The van der Waals surface area contributed by atoms with Crippen LogP contribution in [0, 0.1) is 5.82 Å². The molecule has 0 atom stereocenters. The van der Waals surface area contributed by atoms with Crippen molar-refractivity contribution in [3.8, 4) is 0 Å². The van der Waals surface area contributed by atoms with E-state index in [1.54, 1.807) is 30.3 Å². The Labute approximate surface area is 174 Å². The number of hydrogen-bond donors (Lipinski definition) is 1. The van der Waals surface area contributed by atoms with Gasteiger partial charge in [0.25, 0.3) is 0 Å².